The lowest BCUT2D eigenvalue weighted by Gasteiger charge is -2.08. The summed E-state index contributed by atoms with van der Waals surface area (Å²) in [5.74, 6) is 1.50. The summed E-state index contributed by atoms with van der Waals surface area (Å²) >= 11 is 15.7. The van der Waals surface area contributed by atoms with Gasteiger partial charge in [-0.15, -0.1) is 0 Å². The first-order valence-corrected chi connectivity index (χ1v) is 8.07. The summed E-state index contributed by atoms with van der Waals surface area (Å²) in [5.41, 5.74) is 2.74. The van der Waals surface area contributed by atoms with Gasteiger partial charge >= 0.3 is 0 Å². The number of nitrogens with zero attached hydrogens (tertiary/aromatic N) is 5. The van der Waals surface area contributed by atoms with Gasteiger partial charge in [-0.25, -0.2) is 14.6 Å². The van der Waals surface area contributed by atoms with Crippen LogP contribution in [0.2, 0.25) is 10.2 Å². The number of halogens is 3. The van der Waals surface area contributed by atoms with Gasteiger partial charge in [0.1, 0.15) is 6.33 Å². The third-order valence-corrected chi connectivity index (χ3v) is 4.46. The number of hydrogen-bond acceptors (Lipinski definition) is 3. The highest BCUT2D eigenvalue weighted by Crippen LogP contribution is 2.34. The van der Waals surface area contributed by atoms with E-state index in [1.165, 1.54) is 0 Å². The van der Waals surface area contributed by atoms with Gasteiger partial charge in [-0.2, -0.15) is 5.10 Å². The largest absolute Gasteiger partial charge is 0.299 e. The Morgan fingerprint density at radius 2 is 2.14 bits per heavy atom. The van der Waals surface area contributed by atoms with Gasteiger partial charge in [0.05, 0.1) is 23.3 Å². The standard InChI is InChI=1S/C13H8BrCl2N5/c14-4-11-18-13-8-3-7(15)1-2-9(8)20-6-17-12(16)10(20)5-21(13)19-11/h1-3,6H,4-5H2. The van der Waals surface area contributed by atoms with Crippen LogP contribution in [0.25, 0.3) is 17.1 Å². The Hall–Kier alpha value is -1.37. The molecule has 1 aromatic carbocycles. The second kappa shape index (κ2) is 4.83. The van der Waals surface area contributed by atoms with Crippen LogP contribution in [-0.4, -0.2) is 24.3 Å². The quantitative estimate of drug-likeness (QED) is 0.470. The van der Waals surface area contributed by atoms with Crippen LogP contribution in [0.5, 0.6) is 0 Å². The van der Waals surface area contributed by atoms with Crippen molar-refractivity contribution in [3.63, 3.8) is 0 Å². The molecule has 1 aliphatic rings. The predicted molar refractivity (Wildman–Crippen MR) is 84.3 cm³/mol. The highest BCUT2D eigenvalue weighted by molar-refractivity contribution is 9.08. The molecule has 3 heterocycles. The Labute approximate surface area is 138 Å². The van der Waals surface area contributed by atoms with Gasteiger partial charge in [0.15, 0.2) is 16.8 Å². The van der Waals surface area contributed by atoms with Crippen molar-refractivity contribution in [2.24, 2.45) is 0 Å². The minimum atomic E-state index is 0.472. The third-order valence-electron chi connectivity index (χ3n) is 3.41. The van der Waals surface area contributed by atoms with E-state index in [0.717, 1.165) is 28.6 Å². The van der Waals surface area contributed by atoms with Crippen molar-refractivity contribution in [1.82, 2.24) is 24.3 Å². The van der Waals surface area contributed by atoms with Crippen molar-refractivity contribution in [3.05, 3.63) is 46.2 Å². The topological polar surface area (TPSA) is 48.5 Å². The molecule has 0 N–H and O–H groups in total. The normalized spacial score (nSPS) is 12.5. The summed E-state index contributed by atoms with van der Waals surface area (Å²) in [6.45, 7) is 0.514. The van der Waals surface area contributed by atoms with Crippen molar-refractivity contribution in [3.8, 4) is 17.1 Å². The molecule has 106 valence electrons. The van der Waals surface area contributed by atoms with Crippen molar-refractivity contribution in [2.45, 2.75) is 11.9 Å². The molecular formula is C13H8BrCl2N5. The number of benzene rings is 1. The number of aromatic nitrogens is 5. The smallest absolute Gasteiger partial charge is 0.161 e. The van der Waals surface area contributed by atoms with Crippen LogP contribution in [0, 0.1) is 0 Å². The van der Waals surface area contributed by atoms with Crippen LogP contribution in [0.3, 0.4) is 0 Å². The van der Waals surface area contributed by atoms with E-state index in [1.54, 1.807) is 6.33 Å². The predicted octanol–water partition coefficient (Wildman–Crippen LogP) is 3.69. The Morgan fingerprint density at radius 1 is 1.29 bits per heavy atom. The minimum Gasteiger partial charge on any atom is -0.299 e. The Balaban J connectivity index is 2.08. The van der Waals surface area contributed by atoms with E-state index >= 15 is 0 Å². The maximum atomic E-state index is 6.21. The molecule has 0 unspecified atom stereocenters. The Kier molecular flexibility index (Phi) is 3.06. The van der Waals surface area contributed by atoms with E-state index in [0.29, 0.717) is 22.1 Å². The van der Waals surface area contributed by atoms with Gasteiger partial charge in [-0.05, 0) is 18.2 Å². The molecule has 0 saturated carbocycles. The fraction of sp³-hybridized carbons (Fsp3) is 0.154. The van der Waals surface area contributed by atoms with Gasteiger partial charge < -0.3 is 0 Å². The minimum absolute atomic E-state index is 0.472. The lowest BCUT2D eigenvalue weighted by atomic mass is 10.1. The highest BCUT2D eigenvalue weighted by Gasteiger charge is 2.24. The lowest BCUT2D eigenvalue weighted by molar-refractivity contribution is 0.670. The average Bonchev–Trinajstić information content (AvgIpc) is 3.01. The van der Waals surface area contributed by atoms with Crippen LogP contribution < -0.4 is 0 Å². The molecule has 8 heteroatoms. The average molecular weight is 385 g/mol. The van der Waals surface area contributed by atoms with Gasteiger partial charge in [0.2, 0.25) is 0 Å². The molecule has 0 amide bonds. The summed E-state index contributed by atoms with van der Waals surface area (Å²) in [4.78, 5) is 8.76. The number of rotatable bonds is 1. The number of imidazole rings is 1. The molecule has 0 saturated heterocycles. The highest BCUT2D eigenvalue weighted by atomic mass is 79.9. The lowest BCUT2D eigenvalue weighted by Crippen LogP contribution is -2.05. The molecule has 0 radical (unpaired) electrons. The van der Waals surface area contributed by atoms with Gasteiger partial charge in [0, 0.05) is 10.6 Å². The van der Waals surface area contributed by atoms with Crippen LogP contribution in [0.15, 0.2) is 24.5 Å². The van der Waals surface area contributed by atoms with Crippen LogP contribution in [0.4, 0.5) is 0 Å². The fourth-order valence-corrected chi connectivity index (χ4v) is 3.10. The molecular weight excluding hydrogens is 377 g/mol. The van der Waals surface area contributed by atoms with E-state index < -0.39 is 0 Å². The SMILES string of the molecule is Clc1ccc2c(c1)-c1nc(CBr)nn1Cc1c(Cl)ncn1-2. The molecule has 0 bridgehead atoms. The summed E-state index contributed by atoms with van der Waals surface area (Å²) in [5, 5.41) is 6.21. The molecule has 0 atom stereocenters. The van der Waals surface area contributed by atoms with Crippen LogP contribution >= 0.6 is 39.1 Å². The second-order valence-corrected chi connectivity index (χ2v) is 6.01. The fourth-order valence-electron chi connectivity index (χ4n) is 2.50. The van der Waals surface area contributed by atoms with Crippen molar-refractivity contribution in [2.75, 3.05) is 0 Å². The number of alkyl halides is 1. The monoisotopic (exact) mass is 383 g/mol. The second-order valence-electron chi connectivity index (χ2n) is 4.66. The van der Waals surface area contributed by atoms with Gasteiger partial charge in [0.25, 0.3) is 0 Å². The zero-order valence-corrected chi connectivity index (χ0v) is 13.7. The molecule has 0 spiro atoms. The van der Waals surface area contributed by atoms with E-state index in [-0.39, 0.29) is 0 Å². The van der Waals surface area contributed by atoms with E-state index in [2.05, 4.69) is 31.0 Å². The van der Waals surface area contributed by atoms with Crippen LogP contribution in [-0.2, 0) is 11.9 Å². The molecule has 2 aromatic heterocycles. The third kappa shape index (κ3) is 2.01. The maximum absolute atomic E-state index is 6.21. The molecule has 5 nitrogen and oxygen atoms in total. The first kappa shape index (κ1) is 13.3. The van der Waals surface area contributed by atoms with Crippen LogP contribution in [0.1, 0.15) is 11.5 Å². The first-order chi connectivity index (χ1) is 10.2. The molecule has 3 aromatic rings. The molecule has 21 heavy (non-hydrogen) atoms. The zero-order valence-electron chi connectivity index (χ0n) is 10.6. The van der Waals surface area contributed by atoms with E-state index in [4.69, 9.17) is 23.2 Å². The Bertz CT molecular complexity index is 854. The molecule has 4 rings (SSSR count). The van der Waals surface area contributed by atoms with E-state index in [9.17, 15) is 0 Å². The first-order valence-electron chi connectivity index (χ1n) is 6.19. The zero-order chi connectivity index (χ0) is 14.6. The maximum Gasteiger partial charge on any atom is 0.161 e. The molecule has 0 fully saturated rings. The summed E-state index contributed by atoms with van der Waals surface area (Å²) in [6, 6.07) is 5.67. The summed E-state index contributed by atoms with van der Waals surface area (Å²) in [7, 11) is 0. The van der Waals surface area contributed by atoms with Crippen molar-refractivity contribution < 1.29 is 0 Å². The van der Waals surface area contributed by atoms with Crippen molar-refractivity contribution >= 4 is 39.1 Å². The summed E-state index contributed by atoms with van der Waals surface area (Å²) in [6.07, 6.45) is 1.71. The number of hydrogen-bond donors (Lipinski definition) is 0. The van der Waals surface area contributed by atoms with Crippen molar-refractivity contribution in [1.29, 1.82) is 0 Å². The number of fused-ring (bicyclic) bond motifs is 5. The van der Waals surface area contributed by atoms with E-state index in [1.807, 2.05) is 27.4 Å². The van der Waals surface area contributed by atoms with Gasteiger partial charge in [-0.3, -0.25) is 4.57 Å². The Morgan fingerprint density at radius 3 is 2.95 bits per heavy atom. The van der Waals surface area contributed by atoms with Gasteiger partial charge in [-0.1, -0.05) is 39.1 Å². The molecule has 0 aliphatic carbocycles. The molecule has 1 aliphatic heterocycles. The summed E-state index contributed by atoms with van der Waals surface area (Å²) < 4.78 is 3.79.